The molecular weight excluding hydrogens is 417 g/mol. The second-order valence-corrected chi connectivity index (χ2v) is 7.34. The van der Waals surface area contributed by atoms with Crippen LogP contribution >= 0.6 is 23.2 Å². The molecule has 0 aliphatic heterocycles. The number of nitrogens with zero attached hydrogens (tertiary/aromatic N) is 1. The Morgan fingerprint density at radius 2 is 1.56 bits per heavy atom. The van der Waals surface area contributed by atoms with Gasteiger partial charge in [0.15, 0.2) is 0 Å². The number of benzene rings is 2. The average molecular weight is 439 g/mol. The van der Waals surface area contributed by atoms with Crippen molar-refractivity contribution in [3.8, 4) is 11.8 Å². The van der Waals surface area contributed by atoms with Gasteiger partial charge in [0.2, 0.25) is 0 Å². The lowest BCUT2D eigenvalue weighted by molar-refractivity contribution is -0.877. The first-order chi connectivity index (χ1) is 11.4. The van der Waals surface area contributed by atoms with Crippen LogP contribution in [0.15, 0.2) is 59.6 Å². The Hall–Kier alpha value is -1.24. The molecule has 0 unspecified atom stereocenters. The summed E-state index contributed by atoms with van der Waals surface area (Å²) in [5, 5.41) is 1.27. The van der Waals surface area contributed by atoms with Crippen molar-refractivity contribution in [3.63, 3.8) is 0 Å². The molecule has 25 heavy (non-hydrogen) atoms. The molecule has 0 fully saturated rings. The quantitative estimate of drug-likeness (QED) is 0.507. The van der Waals surface area contributed by atoms with Crippen LogP contribution in [0.2, 0.25) is 0 Å². The van der Waals surface area contributed by atoms with Crippen molar-refractivity contribution in [2.75, 3.05) is 27.2 Å². The topological polar surface area (TPSA) is 0 Å². The fourth-order valence-corrected chi connectivity index (χ4v) is 2.85. The highest BCUT2D eigenvalue weighted by Gasteiger charge is 2.18. The van der Waals surface area contributed by atoms with Crippen molar-refractivity contribution in [2.45, 2.75) is 6.92 Å². The predicted octanol–water partition coefficient (Wildman–Crippen LogP) is 2.27. The smallest absolute Gasteiger partial charge is 0.141 e. The summed E-state index contributed by atoms with van der Waals surface area (Å²) in [5.41, 5.74) is 3.17. The third-order valence-electron chi connectivity index (χ3n) is 3.62. The van der Waals surface area contributed by atoms with Gasteiger partial charge in [0.05, 0.1) is 24.2 Å². The zero-order valence-corrected chi connectivity index (χ0v) is 17.8. The highest BCUT2D eigenvalue weighted by Crippen LogP contribution is 2.27. The molecule has 2 aromatic carbocycles. The minimum absolute atomic E-state index is 0. The Balaban J connectivity index is 0.00000312. The number of halogens is 3. The zero-order chi connectivity index (χ0) is 17.6. The van der Waals surface area contributed by atoms with Gasteiger partial charge in [-0.1, -0.05) is 77.2 Å². The van der Waals surface area contributed by atoms with E-state index in [1.165, 1.54) is 5.56 Å². The summed E-state index contributed by atoms with van der Waals surface area (Å²) in [6, 6.07) is 18.0. The molecule has 0 radical (unpaired) electrons. The fourth-order valence-electron chi connectivity index (χ4n) is 2.23. The van der Waals surface area contributed by atoms with E-state index < -0.39 is 0 Å². The van der Waals surface area contributed by atoms with Crippen LogP contribution in [0.5, 0.6) is 0 Å². The molecule has 0 atom stereocenters. The number of hydrogen-bond donors (Lipinski definition) is 0. The molecule has 132 valence electrons. The van der Waals surface area contributed by atoms with Crippen LogP contribution in [0.1, 0.15) is 16.7 Å². The molecule has 0 saturated carbocycles. The van der Waals surface area contributed by atoms with E-state index in [1.807, 2.05) is 54.6 Å². The summed E-state index contributed by atoms with van der Waals surface area (Å²) < 4.78 is 0.654. The monoisotopic (exact) mass is 437 g/mol. The summed E-state index contributed by atoms with van der Waals surface area (Å²) in [5.74, 6) is 6.41. The van der Waals surface area contributed by atoms with E-state index in [9.17, 15) is 0 Å². The van der Waals surface area contributed by atoms with Gasteiger partial charge >= 0.3 is 0 Å². The first-order valence-electron chi connectivity index (χ1n) is 7.84. The van der Waals surface area contributed by atoms with Crippen LogP contribution in [0.3, 0.4) is 0 Å². The molecule has 0 heterocycles. The highest BCUT2D eigenvalue weighted by molar-refractivity contribution is 6.54. The van der Waals surface area contributed by atoms with E-state index >= 15 is 0 Å². The summed E-state index contributed by atoms with van der Waals surface area (Å²) in [4.78, 5) is 0. The normalized spacial score (nSPS) is 11.7. The molecule has 2 aromatic rings. The first kappa shape index (κ1) is 21.8. The fraction of sp³-hybridized carbons (Fsp3) is 0.238. The van der Waals surface area contributed by atoms with E-state index in [2.05, 4.69) is 32.9 Å². The van der Waals surface area contributed by atoms with Gasteiger partial charge in [0.25, 0.3) is 0 Å². The van der Waals surface area contributed by atoms with Crippen molar-refractivity contribution in [1.29, 1.82) is 0 Å². The van der Waals surface area contributed by atoms with Gasteiger partial charge in [-0.15, -0.1) is 0 Å². The van der Waals surface area contributed by atoms with Crippen molar-refractivity contribution in [2.24, 2.45) is 0 Å². The van der Waals surface area contributed by atoms with Crippen LogP contribution in [0.4, 0.5) is 0 Å². The third-order valence-corrected chi connectivity index (χ3v) is 4.48. The molecule has 0 spiro atoms. The number of quaternary nitrogens is 1. The first-order valence-corrected chi connectivity index (χ1v) is 8.60. The minimum atomic E-state index is 0. The van der Waals surface area contributed by atoms with Crippen LogP contribution in [0.25, 0.3) is 5.03 Å². The van der Waals surface area contributed by atoms with E-state index in [1.54, 1.807) is 0 Å². The average Bonchev–Trinajstić information content (AvgIpc) is 2.55. The van der Waals surface area contributed by atoms with Gasteiger partial charge in [-0.2, -0.15) is 0 Å². The molecule has 0 bridgehead atoms. The lowest BCUT2D eigenvalue weighted by atomic mass is 10.1. The molecule has 0 saturated heterocycles. The molecule has 0 aliphatic rings. The second kappa shape index (κ2) is 10.0. The number of aryl methyl sites for hydroxylation is 1. The summed E-state index contributed by atoms with van der Waals surface area (Å²) >= 11 is 12.9. The zero-order valence-electron chi connectivity index (χ0n) is 14.7. The molecule has 2 rings (SSSR count). The van der Waals surface area contributed by atoms with Crippen molar-refractivity contribution in [3.05, 3.63) is 76.3 Å². The van der Waals surface area contributed by atoms with Gasteiger partial charge < -0.3 is 21.5 Å². The number of rotatable bonds is 4. The Kier molecular flexibility index (Phi) is 8.76. The molecular formula is C21H22BrCl2N. The van der Waals surface area contributed by atoms with Gasteiger partial charge in [-0.3, -0.25) is 0 Å². The molecule has 1 nitrogen and oxygen atoms in total. The Morgan fingerprint density at radius 3 is 2.16 bits per heavy atom. The van der Waals surface area contributed by atoms with Crippen LogP contribution in [-0.4, -0.2) is 31.7 Å². The summed E-state index contributed by atoms with van der Waals surface area (Å²) in [6.45, 7) is 3.38. The third kappa shape index (κ3) is 7.26. The Morgan fingerprint density at radius 1 is 0.960 bits per heavy atom. The maximum Gasteiger partial charge on any atom is 0.141 e. The lowest BCUT2D eigenvalue weighted by Crippen LogP contribution is -3.00. The Bertz CT molecular complexity index is 769. The molecule has 0 amide bonds. The van der Waals surface area contributed by atoms with Crippen molar-refractivity contribution in [1.82, 2.24) is 0 Å². The maximum atomic E-state index is 6.47. The maximum absolute atomic E-state index is 6.47. The predicted molar refractivity (Wildman–Crippen MR) is 105 cm³/mol. The molecule has 0 N–H and O–H groups in total. The Labute approximate surface area is 171 Å². The van der Waals surface area contributed by atoms with Crippen LogP contribution in [0, 0.1) is 18.8 Å². The highest BCUT2D eigenvalue weighted by atomic mass is 79.9. The summed E-state index contributed by atoms with van der Waals surface area (Å²) in [6.07, 6.45) is 0. The number of hydrogen-bond acceptors (Lipinski definition) is 0. The van der Waals surface area contributed by atoms with E-state index in [4.69, 9.17) is 23.2 Å². The molecule has 0 aromatic heterocycles. The van der Waals surface area contributed by atoms with Crippen molar-refractivity contribution < 1.29 is 21.5 Å². The van der Waals surface area contributed by atoms with Crippen LogP contribution < -0.4 is 17.0 Å². The van der Waals surface area contributed by atoms with Crippen LogP contribution in [-0.2, 0) is 0 Å². The van der Waals surface area contributed by atoms with E-state index in [0.717, 1.165) is 11.1 Å². The SMILES string of the molecule is Cc1ccc(/C(Cl)=C(\Cl)C[N+](C)(C)CC#Cc2ccccc2)cc1.[Br-]. The number of likely N-dealkylation sites (N-methyl/N-ethyl adjacent to an activating group) is 1. The van der Waals surface area contributed by atoms with Gasteiger partial charge in [-0.05, 0) is 30.5 Å². The lowest BCUT2D eigenvalue weighted by Gasteiger charge is -2.27. The van der Waals surface area contributed by atoms with E-state index in [-0.39, 0.29) is 17.0 Å². The molecule has 0 aliphatic carbocycles. The minimum Gasteiger partial charge on any atom is -1.00 e. The van der Waals surface area contributed by atoms with E-state index in [0.29, 0.717) is 27.6 Å². The van der Waals surface area contributed by atoms with Gasteiger partial charge in [-0.25, -0.2) is 0 Å². The molecule has 4 heteroatoms. The standard InChI is InChI=1S/C21H22Cl2N.BrH/c1-17-11-13-19(14-12-17)21(23)20(22)16-24(2,3)15-7-10-18-8-5-4-6-9-18;/h4-6,8-9,11-14H,15-16H2,1-3H3;1H/q+1;/p-1/b21-20+;. The van der Waals surface area contributed by atoms with Gasteiger partial charge in [0.1, 0.15) is 13.1 Å². The second-order valence-electron chi connectivity index (χ2n) is 6.50. The van der Waals surface area contributed by atoms with Gasteiger partial charge in [0, 0.05) is 5.56 Å². The summed E-state index contributed by atoms with van der Waals surface area (Å²) in [7, 11) is 4.20. The van der Waals surface area contributed by atoms with Crippen molar-refractivity contribution >= 4 is 28.2 Å². The largest absolute Gasteiger partial charge is 1.00 e.